The van der Waals surface area contributed by atoms with Crippen LogP contribution >= 0.6 is 0 Å². The van der Waals surface area contributed by atoms with Crippen LogP contribution in [-0.4, -0.2) is 39.9 Å². The van der Waals surface area contributed by atoms with E-state index in [1.165, 1.54) is 18.2 Å². The maximum absolute atomic E-state index is 13.2. The number of fused-ring (bicyclic) bond motifs is 1. The molecule has 0 unspecified atom stereocenters. The van der Waals surface area contributed by atoms with Crippen LogP contribution in [0.25, 0.3) is 0 Å². The van der Waals surface area contributed by atoms with E-state index in [9.17, 15) is 26.4 Å². The van der Waals surface area contributed by atoms with Crippen molar-refractivity contribution >= 4 is 16.0 Å². The Kier molecular flexibility index (Phi) is 4.76. The minimum atomic E-state index is -3.86. The number of carboxylic acids is 1. The molecule has 2 heterocycles. The number of carboxylic acid groups (broad SMARTS) is 1. The second-order valence-electron chi connectivity index (χ2n) is 5.74. The Labute approximate surface area is 146 Å². The van der Waals surface area contributed by atoms with Crippen molar-refractivity contribution in [2.24, 2.45) is 0 Å². The highest BCUT2D eigenvalue weighted by Crippen LogP contribution is 2.27. The Morgan fingerprint density at radius 1 is 1.31 bits per heavy atom. The molecule has 1 aromatic heterocycles. The molecule has 140 valence electrons. The number of sulfonamides is 1. The van der Waals surface area contributed by atoms with Gasteiger partial charge in [-0.3, -0.25) is 0 Å². The van der Waals surface area contributed by atoms with Crippen molar-refractivity contribution in [2.45, 2.75) is 25.3 Å². The number of hydrogen-bond acceptors (Lipinski definition) is 4. The van der Waals surface area contributed by atoms with Gasteiger partial charge in [0.25, 0.3) is 6.43 Å². The Bertz CT molecular complexity index is 959. The lowest BCUT2D eigenvalue weighted by molar-refractivity contribution is 0.0669. The van der Waals surface area contributed by atoms with Gasteiger partial charge in [0.05, 0.1) is 12.3 Å². The smallest absolute Gasteiger partial charge is 0.354 e. The number of halogens is 3. The van der Waals surface area contributed by atoms with E-state index >= 15 is 0 Å². The molecule has 2 aromatic rings. The number of rotatable bonds is 5. The van der Waals surface area contributed by atoms with Crippen molar-refractivity contribution < 1.29 is 31.5 Å². The monoisotopic (exact) mass is 389 g/mol. The van der Waals surface area contributed by atoms with Crippen LogP contribution in [0.15, 0.2) is 24.3 Å². The predicted octanol–water partition coefficient (Wildman–Crippen LogP) is 2.00. The van der Waals surface area contributed by atoms with E-state index in [2.05, 4.69) is 4.98 Å². The van der Waals surface area contributed by atoms with Gasteiger partial charge in [-0.05, 0) is 17.7 Å². The molecule has 0 saturated carbocycles. The van der Waals surface area contributed by atoms with E-state index in [-0.39, 0.29) is 31.0 Å². The molecule has 0 bridgehead atoms. The molecule has 1 N–H and O–H groups in total. The first kappa shape index (κ1) is 18.4. The first-order valence-corrected chi connectivity index (χ1v) is 9.13. The number of hydrogen-bond donors (Lipinski definition) is 1. The third kappa shape index (κ3) is 3.44. The van der Waals surface area contributed by atoms with Crippen LogP contribution < -0.4 is 0 Å². The Morgan fingerprint density at radius 2 is 2.04 bits per heavy atom. The Morgan fingerprint density at radius 3 is 2.65 bits per heavy atom. The van der Waals surface area contributed by atoms with Crippen LogP contribution in [0.3, 0.4) is 0 Å². The Hall–Kier alpha value is -2.40. The number of aromatic nitrogens is 2. The molecule has 0 fully saturated rings. The molecule has 26 heavy (non-hydrogen) atoms. The topological polar surface area (TPSA) is 92.5 Å². The SMILES string of the molecule is O=C(O)c1c(C(F)F)nc2n1CCN(S(=O)(=O)Cc1cccc(F)c1)C2. The van der Waals surface area contributed by atoms with Gasteiger partial charge in [-0.2, -0.15) is 4.31 Å². The molecule has 0 spiro atoms. The Balaban J connectivity index is 1.88. The van der Waals surface area contributed by atoms with E-state index in [0.717, 1.165) is 14.9 Å². The number of aromatic carboxylic acids is 1. The highest BCUT2D eigenvalue weighted by Gasteiger charge is 2.34. The molecule has 1 aliphatic heterocycles. The van der Waals surface area contributed by atoms with E-state index in [1.54, 1.807) is 0 Å². The zero-order valence-corrected chi connectivity index (χ0v) is 14.1. The van der Waals surface area contributed by atoms with Crippen molar-refractivity contribution in [3.8, 4) is 0 Å². The molecule has 0 aliphatic carbocycles. The minimum Gasteiger partial charge on any atom is -0.477 e. The molecule has 0 amide bonds. The third-order valence-corrected chi connectivity index (χ3v) is 5.80. The van der Waals surface area contributed by atoms with Gasteiger partial charge in [0, 0.05) is 13.1 Å². The molecule has 11 heteroatoms. The molecule has 1 aliphatic rings. The number of alkyl halides is 2. The van der Waals surface area contributed by atoms with Crippen LogP contribution in [0.5, 0.6) is 0 Å². The second-order valence-corrected chi connectivity index (χ2v) is 7.71. The summed E-state index contributed by atoms with van der Waals surface area (Å²) in [5.41, 5.74) is -1.26. The molecular weight excluding hydrogens is 375 g/mol. The maximum Gasteiger partial charge on any atom is 0.354 e. The molecule has 3 rings (SSSR count). The number of carbonyl (C=O) groups is 1. The summed E-state index contributed by atoms with van der Waals surface area (Å²) in [6.45, 7) is -0.534. The van der Waals surface area contributed by atoms with Crippen LogP contribution in [0.1, 0.15) is 34.0 Å². The summed E-state index contributed by atoms with van der Waals surface area (Å²) in [6.07, 6.45) is -3.09. The fraction of sp³-hybridized carbons (Fsp3) is 0.333. The zero-order valence-electron chi connectivity index (χ0n) is 13.3. The van der Waals surface area contributed by atoms with Gasteiger partial charge < -0.3 is 9.67 Å². The van der Waals surface area contributed by atoms with E-state index < -0.39 is 45.4 Å². The summed E-state index contributed by atoms with van der Waals surface area (Å²) >= 11 is 0. The first-order chi connectivity index (χ1) is 12.2. The second kappa shape index (κ2) is 6.72. The van der Waals surface area contributed by atoms with Gasteiger partial charge in [-0.15, -0.1) is 0 Å². The average molecular weight is 389 g/mol. The summed E-state index contributed by atoms with van der Waals surface area (Å²) < 4.78 is 66.5. The third-order valence-electron chi connectivity index (χ3n) is 4.01. The average Bonchev–Trinajstić information content (AvgIpc) is 2.93. The highest BCUT2D eigenvalue weighted by atomic mass is 32.2. The van der Waals surface area contributed by atoms with E-state index in [4.69, 9.17) is 5.11 Å². The quantitative estimate of drug-likeness (QED) is 0.845. The molecule has 1 aromatic carbocycles. The molecule has 7 nitrogen and oxygen atoms in total. The minimum absolute atomic E-state index is 0.0632. The first-order valence-electron chi connectivity index (χ1n) is 7.52. The van der Waals surface area contributed by atoms with Crippen LogP contribution in [0.4, 0.5) is 13.2 Å². The summed E-state index contributed by atoms with van der Waals surface area (Å²) in [5, 5.41) is 9.14. The van der Waals surface area contributed by atoms with E-state index in [0.29, 0.717) is 0 Å². The maximum atomic E-state index is 13.2. The van der Waals surface area contributed by atoms with Gasteiger partial charge in [0.1, 0.15) is 17.3 Å². The molecule has 0 atom stereocenters. The van der Waals surface area contributed by atoms with Gasteiger partial charge in [0.2, 0.25) is 10.0 Å². The van der Waals surface area contributed by atoms with Gasteiger partial charge in [-0.1, -0.05) is 12.1 Å². The van der Waals surface area contributed by atoms with Crippen molar-refractivity contribution in [1.29, 1.82) is 0 Å². The number of benzene rings is 1. The number of imidazole rings is 1. The van der Waals surface area contributed by atoms with Gasteiger partial charge in [-0.25, -0.2) is 31.4 Å². The molecular formula is C15H14F3N3O4S. The summed E-state index contributed by atoms with van der Waals surface area (Å²) in [7, 11) is -3.86. The van der Waals surface area contributed by atoms with Crippen LogP contribution in [0, 0.1) is 5.82 Å². The summed E-state index contributed by atoms with van der Waals surface area (Å²) in [4.78, 5) is 14.9. The van der Waals surface area contributed by atoms with Gasteiger partial charge in [0.15, 0.2) is 5.69 Å². The van der Waals surface area contributed by atoms with Crippen molar-refractivity contribution in [2.75, 3.05) is 6.54 Å². The van der Waals surface area contributed by atoms with Gasteiger partial charge >= 0.3 is 5.97 Å². The number of nitrogens with zero attached hydrogens (tertiary/aromatic N) is 3. The summed E-state index contributed by atoms with van der Waals surface area (Å²) in [6, 6.07) is 5.13. The standard InChI is InChI=1S/C15H14F3N3O4S/c16-10-3-1-2-9(6-10)8-26(24,25)20-4-5-21-11(7-20)19-12(14(17)18)13(21)15(22)23/h1-3,6,14H,4-5,7-8H2,(H,22,23). The predicted molar refractivity (Wildman–Crippen MR) is 83.6 cm³/mol. The lowest BCUT2D eigenvalue weighted by Gasteiger charge is -2.27. The molecule has 0 radical (unpaired) electrons. The van der Waals surface area contributed by atoms with Crippen molar-refractivity contribution in [1.82, 2.24) is 13.9 Å². The van der Waals surface area contributed by atoms with Crippen molar-refractivity contribution in [3.63, 3.8) is 0 Å². The largest absolute Gasteiger partial charge is 0.477 e. The van der Waals surface area contributed by atoms with Crippen molar-refractivity contribution in [3.05, 3.63) is 52.9 Å². The highest BCUT2D eigenvalue weighted by molar-refractivity contribution is 7.88. The molecule has 0 saturated heterocycles. The zero-order chi connectivity index (χ0) is 19.1. The summed E-state index contributed by atoms with van der Waals surface area (Å²) in [5.74, 6) is -2.64. The van der Waals surface area contributed by atoms with Crippen LogP contribution in [0.2, 0.25) is 0 Å². The fourth-order valence-corrected chi connectivity index (χ4v) is 4.33. The lowest BCUT2D eigenvalue weighted by Crippen LogP contribution is -2.39. The lowest BCUT2D eigenvalue weighted by atomic mass is 10.2. The van der Waals surface area contributed by atoms with Crippen LogP contribution in [-0.2, 0) is 28.9 Å². The fourth-order valence-electron chi connectivity index (χ4n) is 2.87. The normalized spacial score (nSPS) is 15.2. The van der Waals surface area contributed by atoms with E-state index in [1.807, 2.05) is 0 Å².